The predicted molar refractivity (Wildman–Crippen MR) is 93.7 cm³/mol. The summed E-state index contributed by atoms with van der Waals surface area (Å²) >= 11 is 5.91. The summed E-state index contributed by atoms with van der Waals surface area (Å²) in [6.45, 7) is 0. The van der Waals surface area contributed by atoms with E-state index in [0.29, 0.717) is 10.7 Å². The Labute approximate surface area is 136 Å². The molecule has 2 aromatic carbocycles. The van der Waals surface area contributed by atoms with Crippen LogP contribution in [0.15, 0.2) is 59.4 Å². The number of H-pyrrole nitrogens is 1. The lowest BCUT2D eigenvalue weighted by atomic mass is 10.1. The van der Waals surface area contributed by atoms with Crippen LogP contribution >= 0.6 is 11.6 Å². The van der Waals surface area contributed by atoms with Crippen molar-refractivity contribution in [1.29, 1.82) is 0 Å². The highest BCUT2D eigenvalue weighted by Gasteiger charge is 2.07. The van der Waals surface area contributed by atoms with Crippen molar-refractivity contribution in [3.8, 4) is 0 Å². The quantitative estimate of drug-likeness (QED) is 0.606. The molecule has 2 aromatic heterocycles. The summed E-state index contributed by atoms with van der Waals surface area (Å²) in [6.07, 6.45) is 4.03. The maximum atomic E-state index is 11.9. The number of halogens is 1. The molecule has 0 unspecified atom stereocenters. The molecule has 0 saturated heterocycles. The van der Waals surface area contributed by atoms with Gasteiger partial charge in [0.15, 0.2) is 5.65 Å². The standard InChI is InChI=1S/C18H12ClN3O/c19-14-9-6-12(7-10-14)5-8-13-11-17-20-21-18(23)22(17)16-4-2-1-3-15(13)16/h1-11H,(H,21,23). The van der Waals surface area contributed by atoms with Crippen LogP contribution in [0.4, 0.5) is 0 Å². The highest BCUT2D eigenvalue weighted by atomic mass is 35.5. The zero-order valence-electron chi connectivity index (χ0n) is 12.0. The van der Waals surface area contributed by atoms with E-state index in [-0.39, 0.29) is 5.69 Å². The third-order valence-electron chi connectivity index (χ3n) is 3.76. The molecule has 4 nitrogen and oxygen atoms in total. The summed E-state index contributed by atoms with van der Waals surface area (Å²) in [4.78, 5) is 11.9. The summed E-state index contributed by atoms with van der Waals surface area (Å²) in [6, 6.07) is 17.3. The Balaban J connectivity index is 1.91. The van der Waals surface area contributed by atoms with Crippen LogP contribution in [0.1, 0.15) is 11.1 Å². The van der Waals surface area contributed by atoms with Crippen LogP contribution in [0.25, 0.3) is 28.7 Å². The fourth-order valence-electron chi connectivity index (χ4n) is 2.67. The average Bonchev–Trinajstić information content (AvgIpc) is 2.95. The average molecular weight is 322 g/mol. The Kier molecular flexibility index (Phi) is 3.24. The first-order chi connectivity index (χ1) is 11.2. The molecule has 23 heavy (non-hydrogen) atoms. The molecule has 5 heteroatoms. The Bertz CT molecular complexity index is 1090. The van der Waals surface area contributed by atoms with Gasteiger partial charge in [-0.3, -0.25) is 0 Å². The van der Waals surface area contributed by atoms with Gasteiger partial charge in [-0.05, 0) is 35.4 Å². The van der Waals surface area contributed by atoms with E-state index in [1.54, 1.807) is 4.40 Å². The van der Waals surface area contributed by atoms with Gasteiger partial charge in [0.2, 0.25) is 0 Å². The van der Waals surface area contributed by atoms with Crippen molar-refractivity contribution in [2.24, 2.45) is 0 Å². The number of nitrogens with one attached hydrogen (secondary N) is 1. The van der Waals surface area contributed by atoms with E-state index < -0.39 is 0 Å². The van der Waals surface area contributed by atoms with Crippen molar-refractivity contribution in [2.75, 3.05) is 0 Å². The molecule has 0 aliphatic carbocycles. The largest absolute Gasteiger partial charge is 0.348 e. The number of pyridine rings is 1. The van der Waals surface area contributed by atoms with E-state index in [2.05, 4.69) is 10.2 Å². The van der Waals surface area contributed by atoms with Crippen molar-refractivity contribution in [1.82, 2.24) is 14.6 Å². The molecular formula is C18H12ClN3O. The van der Waals surface area contributed by atoms with Gasteiger partial charge in [0, 0.05) is 10.4 Å². The number of rotatable bonds is 2. The second kappa shape index (κ2) is 5.41. The van der Waals surface area contributed by atoms with Gasteiger partial charge in [0.05, 0.1) is 5.52 Å². The maximum Gasteiger partial charge on any atom is 0.348 e. The fourth-order valence-corrected chi connectivity index (χ4v) is 2.79. The highest BCUT2D eigenvalue weighted by molar-refractivity contribution is 6.30. The molecule has 4 rings (SSSR count). The van der Waals surface area contributed by atoms with Gasteiger partial charge >= 0.3 is 5.69 Å². The lowest BCUT2D eigenvalue weighted by Gasteiger charge is -2.04. The van der Waals surface area contributed by atoms with Crippen molar-refractivity contribution < 1.29 is 0 Å². The minimum absolute atomic E-state index is 0.232. The first-order valence-corrected chi connectivity index (χ1v) is 7.53. The fraction of sp³-hybridized carbons (Fsp3) is 0. The van der Waals surface area contributed by atoms with Crippen LogP contribution in [0, 0.1) is 0 Å². The number of hydrogen-bond donors (Lipinski definition) is 1. The highest BCUT2D eigenvalue weighted by Crippen LogP contribution is 2.22. The second-order valence-corrected chi connectivity index (χ2v) is 5.66. The van der Waals surface area contributed by atoms with Crippen molar-refractivity contribution in [3.63, 3.8) is 0 Å². The molecule has 0 amide bonds. The van der Waals surface area contributed by atoms with Crippen LogP contribution in [0.5, 0.6) is 0 Å². The topological polar surface area (TPSA) is 50.2 Å². The molecule has 0 spiro atoms. The third-order valence-corrected chi connectivity index (χ3v) is 4.02. The van der Waals surface area contributed by atoms with E-state index in [1.165, 1.54) is 0 Å². The molecule has 0 atom stereocenters. The summed E-state index contributed by atoms with van der Waals surface area (Å²) in [5.74, 6) is 0. The number of fused-ring (bicyclic) bond motifs is 3. The first-order valence-electron chi connectivity index (χ1n) is 7.15. The molecule has 2 heterocycles. The second-order valence-electron chi connectivity index (χ2n) is 5.22. The van der Waals surface area contributed by atoms with Gasteiger partial charge in [0.1, 0.15) is 0 Å². The Morgan fingerprint density at radius 2 is 1.83 bits per heavy atom. The Hall–Kier alpha value is -2.85. The van der Waals surface area contributed by atoms with Crippen LogP contribution < -0.4 is 5.69 Å². The molecule has 0 saturated carbocycles. The third kappa shape index (κ3) is 2.43. The van der Waals surface area contributed by atoms with Crippen LogP contribution in [0.2, 0.25) is 5.02 Å². The minimum Gasteiger partial charge on any atom is -0.246 e. The monoisotopic (exact) mass is 321 g/mol. The minimum atomic E-state index is -0.232. The number of nitrogens with zero attached hydrogens (tertiary/aromatic N) is 2. The molecule has 112 valence electrons. The molecule has 0 fully saturated rings. The molecule has 0 aliphatic rings. The van der Waals surface area contributed by atoms with Crippen LogP contribution in [-0.4, -0.2) is 14.6 Å². The van der Waals surface area contributed by atoms with Gasteiger partial charge < -0.3 is 0 Å². The lowest BCUT2D eigenvalue weighted by molar-refractivity contribution is 1.04. The van der Waals surface area contributed by atoms with E-state index in [4.69, 9.17) is 11.6 Å². The zero-order chi connectivity index (χ0) is 15.8. The number of benzene rings is 2. The smallest absolute Gasteiger partial charge is 0.246 e. The van der Waals surface area contributed by atoms with Gasteiger partial charge in [-0.15, -0.1) is 0 Å². The van der Waals surface area contributed by atoms with Gasteiger partial charge in [-0.2, -0.15) is 5.10 Å². The molecule has 0 bridgehead atoms. The first kappa shape index (κ1) is 13.8. The summed E-state index contributed by atoms with van der Waals surface area (Å²) in [7, 11) is 0. The number of aromatic amines is 1. The van der Waals surface area contributed by atoms with E-state index in [0.717, 1.165) is 22.0 Å². The van der Waals surface area contributed by atoms with Crippen molar-refractivity contribution in [3.05, 3.63) is 81.2 Å². The summed E-state index contributed by atoms with van der Waals surface area (Å²) < 4.78 is 1.58. The van der Waals surface area contributed by atoms with Crippen LogP contribution in [0.3, 0.4) is 0 Å². The summed E-state index contributed by atoms with van der Waals surface area (Å²) in [5.41, 5.74) is 3.26. The number of para-hydroxylation sites is 1. The SMILES string of the molecule is O=c1[nH]nc2cc(C=Cc3ccc(Cl)cc3)c3ccccc3n12. The van der Waals surface area contributed by atoms with E-state index >= 15 is 0 Å². The lowest BCUT2D eigenvalue weighted by Crippen LogP contribution is -2.10. The Morgan fingerprint density at radius 3 is 2.65 bits per heavy atom. The molecule has 1 N–H and O–H groups in total. The summed E-state index contributed by atoms with van der Waals surface area (Å²) in [5, 5.41) is 8.27. The van der Waals surface area contributed by atoms with Crippen LogP contribution in [-0.2, 0) is 0 Å². The van der Waals surface area contributed by atoms with Crippen molar-refractivity contribution >= 4 is 40.3 Å². The predicted octanol–water partition coefficient (Wildman–Crippen LogP) is 4.00. The maximum absolute atomic E-state index is 11.9. The van der Waals surface area contributed by atoms with Gasteiger partial charge in [0.25, 0.3) is 0 Å². The van der Waals surface area contributed by atoms with Gasteiger partial charge in [-0.25, -0.2) is 14.3 Å². The van der Waals surface area contributed by atoms with Crippen molar-refractivity contribution in [2.45, 2.75) is 0 Å². The van der Waals surface area contributed by atoms with E-state index in [1.807, 2.05) is 66.7 Å². The Morgan fingerprint density at radius 1 is 1.04 bits per heavy atom. The van der Waals surface area contributed by atoms with Gasteiger partial charge in [-0.1, -0.05) is 54.1 Å². The number of hydrogen-bond acceptors (Lipinski definition) is 2. The number of aromatic nitrogens is 3. The molecular weight excluding hydrogens is 310 g/mol. The molecule has 4 aromatic rings. The normalized spacial score (nSPS) is 11.7. The van der Waals surface area contributed by atoms with E-state index in [9.17, 15) is 4.79 Å². The zero-order valence-corrected chi connectivity index (χ0v) is 12.8. The molecule has 0 radical (unpaired) electrons. The molecule has 0 aliphatic heterocycles.